The Morgan fingerprint density at radius 2 is 1.40 bits per heavy atom. The smallest absolute Gasteiger partial charge is 0.413 e. The normalized spacial score (nSPS) is 16.1. The van der Waals surface area contributed by atoms with Gasteiger partial charge in [0.1, 0.15) is 39.8 Å². The van der Waals surface area contributed by atoms with Crippen LogP contribution in [0.2, 0.25) is 0 Å². The van der Waals surface area contributed by atoms with Gasteiger partial charge in [0.2, 0.25) is 5.60 Å². The highest BCUT2D eigenvalue weighted by atomic mass is 32.2. The Hall–Kier alpha value is -6.35. The SMILES string of the molecule is Cc1nc(CSCCNC(=O)OC(C)(C)C)c(SC2=C(C(=O)O)N3C(=O)[C@@H](NC(=O)/C(=N\OC(c4ccccc4)(c4ccccc4)c4ccccc4)c4cccc(NC(=O)OC(C)(C)C)n4)[C@@H]3SC2)s1. The second kappa shape index (κ2) is 22.2. The summed E-state index contributed by atoms with van der Waals surface area (Å²) in [5.74, 6) is -1.37. The van der Waals surface area contributed by atoms with Crippen molar-refractivity contribution in [3.05, 3.63) is 153 Å². The van der Waals surface area contributed by atoms with Gasteiger partial charge in [-0.3, -0.25) is 19.8 Å². The van der Waals surface area contributed by atoms with Crippen LogP contribution in [0.1, 0.15) is 74.6 Å². The van der Waals surface area contributed by atoms with E-state index in [1.54, 1.807) is 59.4 Å². The summed E-state index contributed by atoms with van der Waals surface area (Å²) in [6, 6.07) is 31.7. The van der Waals surface area contributed by atoms with Crippen molar-refractivity contribution in [2.24, 2.45) is 5.16 Å². The Morgan fingerprint density at radius 1 is 0.814 bits per heavy atom. The molecule has 4 heterocycles. The number of aromatic nitrogens is 2. The highest BCUT2D eigenvalue weighted by molar-refractivity contribution is 8.07. The molecule has 4 N–H and O–H groups in total. The molecule has 1 saturated heterocycles. The highest BCUT2D eigenvalue weighted by Crippen LogP contribution is 2.47. The molecule has 20 heteroatoms. The zero-order valence-corrected chi connectivity index (χ0v) is 42.8. The molecule has 0 bridgehead atoms. The second-order valence-corrected chi connectivity index (χ2v) is 22.6. The number of rotatable bonds is 17. The van der Waals surface area contributed by atoms with Gasteiger partial charge in [0.25, 0.3) is 11.8 Å². The van der Waals surface area contributed by atoms with Gasteiger partial charge in [-0.2, -0.15) is 11.8 Å². The maximum atomic E-state index is 14.8. The number of thiazole rings is 1. The second-order valence-electron chi connectivity index (χ2n) is 17.8. The van der Waals surface area contributed by atoms with Crippen LogP contribution in [0.25, 0.3) is 0 Å². The summed E-state index contributed by atoms with van der Waals surface area (Å²) in [4.78, 5) is 84.5. The van der Waals surface area contributed by atoms with E-state index in [4.69, 9.17) is 19.3 Å². The number of hydrogen-bond acceptors (Lipinski definition) is 15. The molecular formula is C50H53N7O9S4. The predicted octanol–water partition coefficient (Wildman–Crippen LogP) is 9.15. The highest BCUT2D eigenvalue weighted by Gasteiger charge is 2.55. The molecule has 2 atom stereocenters. The van der Waals surface area contributed by atoms with Crippen molar-refractivity contribution >= 4 is 88.1 Å². The van der Waals surface area contributed by atoms with Gasteiger partial charge in [0.05, 0.1) is 14.9 Å². The first-order chi connectivity index (χ1) is 33.3. The number of oxime groups is 1. The van der Waals surface area contributed by atoms with Crippen LogP contribution in [0, 0.1) is 6.92 Å². The van der Waals surface area contributed by atoms with Crippen molar-refractivity contribution in [3.63, 3.8) is 0 Å². The van der Waals surface area contributed by atoms with Gasteiger partial charge in [0, 0.05) is 45.4 Å². The average molecular weight is 1020 g/mol. The van der Waals surface area contributed by atoms with Crippen LogP contribution in [0.5, 0.6) is 0 Å². The van der Waals surface area contributed by atoms with Crippen molar-refractivity contribution in [2.45, 2.75) is 86.6 Å². The van der Waals surface area contributed by atoms with Crippen molar-refractivity contribution < 1.29 is 43.4 Å². The molecule has 366 valence electrons. The number of hydrogen-bond donors (Lipinski definition) is 4. The van der Waals surface area contributed by atoms with Crippen LogP contribution >= 0.6 is 46.6 Å². The molecule has 2 aromatic heterocycles. The minimum Gasteiger partial charge on any atom is -0.477 e. The number of benzene rings is 3. The Morgan fingerprint density at radius 3 is 1.97 bits per heavy atom. The molecule has 0 saturated carbocycles. The number of fused-ring (bicyclic) bond motifs is 1. The number of aryl methyl sites for hydroxylation is 1. The van der Waals surface area contributed by atoms with Crippen LogP contribution in [-0.2, 0) is 40.0 Å². The van der Waals surface area contributed by atoms with Crippen molar-refractivity contribution in [1.29, 1.82) is 0 Å². The summed E-state index contributed by atoms with van der Waals surface area (Å²) in [6.45, 7) is 12.8. The number of amides is 4. The first-order valence-corrected chi connectivity index (χ1v) is 26.0. The fraction of sp³-hybridized carbons (Fsp3) is 0.320. The number of carbonyl (C=O) groups excluding carboxylic acids is 4. The summed E-state index contributed by atoms with van der Waals surface area (Å²) in [5, 5.41) is 23.4. The monoisotopic (exact) mass is 1020 g/mol. The summed E-state index contributed by atoms with van der Waals surface area (Å²) in [5.41, 5.74) is -0.478. The average Bonchev–Trinajstić information content (AvgIpc) is 3.66. The molecule has 2 aliphatic heterocycles. The van der Waals surface area contributed by atoms with E-state index in [0.717, 1.165) is 14.9 Å². The topological polar surface area (TPSA) is 211 Å². The number of aliphatic carboxylic acids is 1. The lowest BCUT2D eigenvalue weighted by atomic mass is 9.80. The van der Waals surface area contributed by atoms with Crippen molar-refractivity contribution in [1.82, 2.24) is 25.5 Å². The van der Waals surface area contributed by atoms with Gasteiger partial charge >= 0.3 is 18.2 Å². The van der Waals surface area contributed by atoms with Crippen LogP contribution < -0.4 is 16.0 Å². The summed E-state index contributed by atoms with van der Waals surface area (Å²) in [6.07, 6.45) is -1.27. The minimum absolute atomic E-state index is 0.00741. The zero-order chi connectivity index (χ0) is 50.2. The summed E-state index contributed by atoms with van der Waals surface area (Å²) >= 11 is 5.56. The molecule has 0 radical (unpaired) electrons. The lowest BCUT2D eigenvalue weighted by molar-refractivity contribution is -0.150. The lowest BCUT2D eigenvalue weighted by Crippen LogP contribution is -2.71. The van der Waals surface area contributed by atoms with Gasteiger partial charge in [-0.1, -0.05) is 114 Å². The number of carbonyl (C=O) groups is 5. The third kappa shape index (κ3) is 12.5. The number of carboxylic acids is 1. The van der Waals surface area contributed by atoms with Gasteiger partial charge < -0.3 is 30.1 Å². The molecule has 4 amide bonds. The van der Waals surface area contributed by atoms with Crippen LogP contribution in [0.4, 0.5) is 15.4 Å². The van der Waals surface area contributed by atoms with E-state index in [2.05, 4.69) is 26.1 Å². The molecule has 0 aliphatic carbocycles. The quantitative estimate of drug-likeness (QED) is 0.0225. The molecule has 2 aliphatic rings. The molecule has 3 aromatic carbocycles. The number of thioether (sulfide) groups is 3. The summed E-state index contributed by atoms with van der Waals surface area (Å²) in [7, 11) is 0. The van der Waals surface area contributed by atoms with Crippen molar-refractivity contribution in [3.8, 4) is 0 Å². The van der Waals surface area contributed by atoms with E-state index in [1.165, 1.54) is 51.9 Å². The standard InChI is InChI=1S/C50H53N7O9S4/c1-30-52-35(28-67-27-26-51-46(62)64-48(2,3)4)45(69-30)70-36-29-68-43-39(42(59)57(43)40(36)44(60)61)55-41(58)38(34-24-17-25-37(53-34)54-47(63)65-49(5,6)7)56-66-50(31-18-11-8-12-19-31,32-20-13-9-14-21-32)33-22-15-10-16-23-33/h8-25,39,43H,26-29H2,1-7H3,(H,51,62)(H,55,58)(H,60,61)(H,53,54,63)/b56-38-/t39-,43+/m1/s1. The third-order valence-electron chi connectivity index (χ3n) is 10.2. The van der Waals surface area contributed by atoms with Crippen LogP contribution in [0.15, 0.2) is 129 Å². The number of nitrogens with zero attached hydrogens (tertiary/aromatic N) is 4. The number of pyridine rings is 1. The van der Waals surface area contributed by atoms with Crippen molar-refractivity contribution in [2.75, 3.05) is 23.4 Å². The number of ether oxygens (including phenoxy) is 2. The number of carboxylic acid groups (broad SMARTS) is 1. The van der Waals surface area contributed by atoms with E-state index in [0.29, 0.717) is 39.6 Å². The van der Waals surface area contributed by atoms with Crippen LogP contribution in [-0.4, -0.2) is 96.3 Å². The number of alkyl carbamates (subject to hydrolysis) is 1. The first-order valence-electron chi connectivity index (χ1n) is 22.1. The first kappa shape index (κ1) is 51.5. The molecule has 70 heavy (non-hydrogen) atoms. The maximum absolute atomic E-state index is 14.8. The van der Waals surface area contributed by atoms with Gasteiger partial charge in [-0.15, -0.1) is 23.1 Å². The largest absolute Gasteiger partial charge is 0.477 e. The molecule has 5 aromatic rings. The number of anilines is 1. The predicted molar refractivity (Wildman–Crippen MR) is 274 cm³/mol. The lowest BCUT2D eigenvalue weighted by Gasteiger charge is -2.49. The Labute approximate surface area is 422 Å². The minimum atomic E-state index is -1.41. The fourth-order valence-electron chi connectivity index (χ4n) is 7.36. The van der Waals surface area contributed by atoms with E-state index < -0.39 is 58.2 Å². The molecule has 1 fully saturated rings. The van der Waals surface area contributed by atoms with Crippen LogP contribution in [0.3, 0.4) is 0 Å². The van der Waals surface area contributed by atoms with Gasteiger partial charge in [-0.05, 0) is 60.6 Å². The Kier molecular flexibility index (Phi) is 16.3. The molecule has 0 spiro atoms. The van der Waals surface area contributed by atoms with E-state index in [-0.39, 0.29) is 28.7 Å². The van der Waals surface area contributed by atoms with Gasteiger partial charge in [0.15, 0.2) is 5.71 Å². The molecule has 0 unspecified atom stereocenters. The van der Waals surface area contributed by atoms with E-state index in [1.807, 2.05) is 97.9 Å². The Balaban J connectivity index is 1.16. The molecular weight excluding hydrogens is 971 g/mol. The Bertz CT molecular complexity index is 2680. The molecule has 7 rings (SSSR count). The third-order valence-corrected chi connectivity index (χ3v) is 15.0. The molecule has 16 nitrogen and oxygen atoms in total. The fourth-order valence-corrected chi connectivity index (χ4v) is 12.2. The summed E-state index contributed by atoms with van der Waals surface area (Å²) < 4.78 is 11.5. The van der Waals surface area contributed by atoms with E-state index >= 15 is 0 Å². The number of nitrogens with one attached hydrogen (secondary N) is 3. The zero-order valence-electron chi connectivity index (χ0n) is 39.5. The number of β-lactam (4-membered cyclic amide) rings is 1. The van der Waals surface area contributed by atoms with E-state index in [9.17, 15) is 29.1 Å². The maximum Gasteiger partial charge on any atom is 0.413 e. The van der Waals surface area contributed by atoms with Gasteiger partial charge in [-0.25, -0.2) is 24.4 Å².